The van der Waals surface area contributed by atoms with Crippen LogP contribution in [0.25, 0.3) is 21.9 Å². The molecule has 0 bridgehead atoms. The third kappa shape index (κ3) is 7.43. The molecule has 0 atom stereocenters. The van der Waals surface area contributed by atoms with Gasteiger partial charge in [0.05, 0.1) is 0 Å². The monoisotopic (exact) mass is 474 g/mol. The smallest absolute Gasteiger partial charge is 0.330 e. The van der Waals surface area contributed by atoms with E-state index >= 15 is 0 Å². The van der Waals surface area contributed by atoms with E-state index in [1.165, 1.54) is 41.2 Å². The molecule has 3 aromatic rings. The Balaban J connectivity index is 1.94. The van der Waals surface area contributed by atoms with Crippen LogP contribution in [0.5, 0.6) is 5.75 Å². The molecule has 0 aliphatic carbocycles. The van der Waals surface area contributed by atoms with Crippen molar-refractivity contribution in [1.82, 2.24) is 0 Å². The Morgan fingerprint density at radius 1 is 0.886 bits per heavy atom. The van der Waals surface area contributed by atoms with Crippen molar-refractivity contribution < 1.29 is 19.4 Å². The topological polar surface area (TPSA) is 55.8 Å². The predicted octanol–water partition coefficient (Wildman–Crippen LogP) is 6.83. The number of hydrogen-bond acceptors (Lipinski definition) is 4. The first-order valence-electron chi connectivity index (χ1n) is 12.8. The van der Waals surface area contributed by atoms with E-state index in [1.54, 1.807) is 0 Å². The van der Waals surface area contributed by atoms with E-state index in [2.05, 4.69) is 62.9 Å². The lowest BCUT2D eigenvalue weighted by Gasteiger charge is -2.17. The number of esters is 1. The second-order valence-corrected chi connectivity index (χ2v) is 8.88. The molecule has 0 aromatic heterocycles. The lowest BCUT2D eigenvalue weighted by molar-refractivity contribution is -0.138. The lowest BCUT2D eigenvalue weighted by Crippen LogP contribution is -2.11. The number of aliphatic hydroxyl groups is 1. The first-order valence-corrected chi connectivity index (χ1v) is 12.8. The molecule has 4 nitrogen and oxygen atoms in total. The first-order chi connectivity index (χ1) is 17.1. The molecule has 0 spiro atoms. The van der Waals surface area contributed by atoms with Gasteiger partial charge in [0.1, 0.15) is 19.0 Å². The summed E-state index contributed by atoms with van der Waals surface area (Å²) in [6, 6.07) is 17.6. The van der Waals surface area contributed by atoms with Crippen LogP contribution in [0.15, 0.2) is 61.2 Å². The average molecular weight is 475 g/mol. The van der Waals surface area contributed by atoms with Gasteiger partial charge >= 0.3 is 5.97 Å². The molecular weight excluding hydrogens is 436 g/mol. The molecule has 0 saturated heterocycles. The lowest BCUT2D eigenvalue weighted by atomic mass is 9.91. The average Bonchev–Trinajstić information content (AvgIpc) is 2.89. The number of fused-ring (bicyclic) bond motifs is 1. The van der Waals surface area contributed by atoms with E-state index in [0.717, 1.165) is 47.8 Å². The van der Waals surface area contributed by atoms with Crippen LogP contribution in [-0.2, 0) is 28.8 Å². The fraction of sp³-hybridized carbons (Fsp3) is 0.387. The number of rotatable bonds is 14. The number of hydrogen-bond donors (Lipinski definition) is 1. The maximum absolute atomic E-state index is 11.4. The van der Waals surface area contributed by atoms with Crippen LogP contribution < -0.4 is 4.74 Å². The molecule has 0 aliphatic heterocycles. The first kappa shape index (κ1) is 26.5. The minimum atomic E-state index is -0.456. The molecule has 3 rings (SSSR count). The Hall–Kier alpha value is -3.11. The molecule has 35 heavy (non-hydrogen) atoms. The van der Waals surface area contributed by atoms with Gasteiger partial charge in [0.25, 0.3) is 0 Å². The zero-order chi connectivity index (χ0) is 25.0. The van der Waals surface area contributed by atoms with Crippen molar-refractivity contribution >= 4 is 16.7 Å². The summed E-state index contributed by atoms with van der Waals surface area (Å²) in [7, 11) is 0. The number of aliphatic hydroxyl groups excluding tert-OH is 1. The highest BCUT2D eigenvalue weighted by Crippen LogP contribution is 2.36. The van der Waals surface area contributed by atoms with Gasteiger partial charge in [0, 0.05) is 18.2 Å². The SMILES string of the molecule is C=CC(=O)OCCOc1cc(CCCO)ccc1-c1cc2ccc(CCCCC)cc2cc1CC. The molecular formula is C31H38O4. The number of carbonyl (C=O) groups is 1. The van der Waals surface area contributed by atoms with Crippen LogP contribution in [0, 0.1) is 0 Å². The maximum atomic E-state index is 11.4. The van der Waals surface area contributed by atoms with Crippen LogP contribution in [0.2, 0.25) is 0 Å². The van der Waals surface area contributed by atoms with E-state index in [-0.39, 0.29) is 19.8 Å². The van der Waals surface area contributed by atoms with Crippen LogP contribution >= 0.6 is 0 Å². The Morgan fingerprint density at radius 2 is 1.66 bits per heavy atom. The zero-order valence-electron chi connectivity index (χ0n) is 21.1. The number of carbonyl (C=O) groups excluding carboxylic acids is 1. The van der Waals surface area contributed by atoms with Crippen molar-refractivity contribution in [3.8, 4) is 16.9 Å². The van der Waals surface area contributed by atoms with E-state index in [1.807, 2.05) is 6.07 Å². The number of aryl methyl sites for hydroxylation is 3. The Bertz CT molecular complexity index is 1130. The summed E-state index contributed by atoms with van der Waals surface area (Å²) in [5, 5.41) is 11.7. The molecule has 186 valence electrons. The van der Waals surface area contributed by atoms with Crippen molar-refractivity contribution in [2.24, 2.45) is 0 Å². The largest absolute Gasteiger partial charge is 0.489 e. The summed E-state index contributed by atoms with van der Waals surface area (Å²) in [4.78, 5) is 11.4. The van der Waals surface area contributed by atoms with E-state index in [4.69, 9.17) is 9.47 Å². The summed E-state index contributed by atoms with van der Waals surface area (Å²) in [5.74, 6) is 0.308. The van der Waals surface area contributed by atoms with E-state index < -0.39 is 5.97 Å². The van der Waals surface area contributed by atoms with Gasteiger partial charge in [-0.2, -0.15) is 0 Å². The number of ether oxygens (including phenoxy) is 2. The Morgan fingerprint density at radius 3 is 2.40 bits per heavy atom. The van der Waals surface area contributed by atoms with Crippen LogP contribution in [0.3, 0.4) is 0 Å². The Labute approximate surface area is 209 Å². The predicted molar refractivity (Wildman–Crippen MR) is 144 cm³/mol. The molecule has 3 aromatic carbocycles. The summed E-state index contributed by atoms with van der Waals surface area (Å²) in [6.07, 6.45) is 8.39. The summed E-state index contributed by atoms with van der Waals surface area (Å²) < 4.78 is 11.2. The number of benzene rings is 3. The second kappa shape index (κ2) is 13.7. The summed E-state index contributed by atoms with van der Waals surface area (Å²) >= 11 is 0. The molecule has 0 heterocycles. The van der Waals surface area contributed by atoms with Gasteiger partial charge in [-0.3, -0.25) is 0 Å². The van der Waals surface area contributed by atoms with Gasteiger partial charge in [-0.1, -0.05) is 69.7 Å². The fourth-order valence-corrected chi connectivity index (χ4v) is 4.37. The molecule has 0 aliphatic rings. The fourth-order valence-electron chi connectivity index (χ4n) is 4.37. The molecule has 0 saturated carbocycles. The van der Waals surface area contributed by atoms with E-state index in [0.29, 0.717) is 6.42 Å². The van der Waals surface area contributed by atoms with Gasteiger partial charge in [0.2, 0.25) is 0 Å². The highest BCUT2D eigenvalue weighted by atomic mass is 16.6. The summed E-state index contributed by atoms with van der Waals surface area (Å²) in [6.45, 7) is 8.41. The van der Waals surface area contributed by atoms with Crippen LogP contribution in [0.1, 0.15) is 56.2 Å². The molecule has 0 unspecified atom stereocenters. The van der Waals surface area contributed by atoms with E-state index in [9.17, 15) is 9.90 Å². The minimum Gasteiger partial charge on any atom is -0.489 e. The van der Waals surface area contributed by atoms with Crippen molar-refractivity contribution in [2.75, 3.05) is 19.8 Å². The normalized spacial score (nSPS) is 10.9. The van der Waals surface area contributed by atoms with Gasteiger partial charge in [-0.05, 0) is 77.3 Å². The quantitative estimate of drug-likeness (QED) is 0.158. The molecule has 0 fully saturated rings. The van der Waals surface area contributed by atoms with Crippen molar-refractivity contribution in [2.45, 2.75) is 58.8 Å². The molecule has 0 amide bonds. The minimum absolute atomic E-state index is 0.153. The molecule has 0 radical (unpaired) electrons. The van der Waals surface area contributed by atoms with Crippen LogP contribution in [-0.4, -0.2) is 30.9 Å². The highest BCUT2D eigenvalue weighted by molar-refractivity contribution is 5.91. The third-order valence-corrected chi connectivity index (χ3v) is 6.29. The molecule has 1 N–H and O–H groups in total. The van der Waals surface area contributed by atoms with Crippen molar-refractivity contribution in [3.05, 3.63) is 77.9 Å². The van der Waals surface area contributed by atoms with Crippen molar-refractivity contribution in [3.63, 3.8) is 0 Å². The van der Waals surface area contributed by atoms with Gasteiger partial charge in [-0.15, -0.1) is 0 Å². The second-order valence-electron chi connectivity index (χ2n) is 8.88. The van der Waals surface area contributed by atoms with Crippen molar-refractivity contribution in [1.29, 1.82) is 0 Å². The molecule has 4 heteroatoms. The summed E-state index contributed by atoms with van der Waals surface area (Å²) in [5.41, 5.74) is 5.96. The van der Waals surface area contributed by atoms with Gasteiger partial charge in [-0.25, -0.2) is 4.79 Å². The highest BCUT2D eigenvalue weighted by Gasteiger charge is 2.14. The zero-order valence-corrected chi connectivity index (χ0v) is 21.1. The van der Waals surface area contributed by atoms with Gasteiger partial charge < -0.3 is 14.6 Å². The Kier molecular flexibility index (Phi) is 10.4. The standard InChI is InChI=1S/C31H38O4/c1-4-7-8-10-23-12-14-26-22-29(25(5-2)21-27(26)19-23)28-15-13-24(11-9-16-32)20-30(28)34-17-18-35-31(33)6-3/h6,12-15,19-22,32H,3-5,7-11,16-18H2,1-2H3. The third-order valence-electron chi connectivity index (χ3n) is 6.29. The van der Waals surface area contributed by atoms with Gasteiger partial charge in [0.15, 0.2) is 0 Å². The number of unbranched alkanes of at least 4 members (excludes halogenated alkanes) is 2. The van der Waals surface area contributed by atoms with Crippen LogP contribution in [0.4, 0.5) is 0 Å². The maximum Gasteiger partial charge on any atom is 0.330 e.